The standard InChI is InChI=1S/C29H26ClN/c30-24-7-3-4-8-25(24)31-19-9-10-21-20-5-1-2-6-22(20)29(23(21)14-19)26-12-17-11-18-13-27(29)28(26,15-17)16-18/h1-10,14,17-18,26-27,31H,11-13,15-16H2. The predicted octanol–water partition coefficient (Wildman–Crippen LogP) is 7.81. The monoisotopic (exact) mass is 423 g/mol. The highest BCUT2D eigenvalue weighted by molar-refractivity contribution is 6.33. The van der Waals surface area contributed by atoms with Gasteiger partial charge in [-0.15, -0.1) is 0 Å². The van der Waals surface area contributed by atoms with Gasteiger partial charge < -0.3 is 5.32 Å². The van der Waals surface area contributed by atoms with Crippen LogP contribution in [0.3, 0.4) is 0 Å². The van der Waals surface area contributed by atoms with E-state index in [1.165, 1.54) is 43.2 Å². The molecule has 1 nitrogen and oxygen atoms in total. The fourth-order valence-corrected chi connectivity index (χ4v) is 9.60. The normalized spacial score (nSPS) is 37.5. The molecule has 4 atom stereocenters. The summed E-state index contributed by atoms with van der Waals surface area (Å²) in [5, 5.41) is 4.39. The van der Waals surface area contributed by atoms with E-state index in [0.29, 0.717) is 5.41 Å². The van der Waals surface area contributed by atoms with Gasteiger partial charge in [-0.3, -0.25) is 0 Å². The molecule has 3 aromatic carbocycles. The van der Waals surface area contributed by atoms with Crippen molar-refractivity contribution in [3.8, 4) is 11.1 Å². The largest absolute Gasteiger partial charge is 0.354 e. The molecule has 3 bridgehead atoms. The van der Waals surface area contributed by atoms with E-state index in [0.717, 1.165) is 40.1 Å². The molecule has 4 saturated carbocycles. The molecule has 5 aliphatic carbocycles. The first kappa shape index (κ1) is 17.3. The first-order valence-corrected chi connectivity index (χ1v) is 12.3. The van der Waals surface area contributed by atoms with Crippen LogP contribution in [0.1, 0.15) is 43.2 Å². The number of hydrogen-bond acceptors (Lipinski definition) is 1. The second-order valence-electron chi connectivity index (χ2n) is 11.0. The molecule has 4 unspecified atom stereocenters. The third-order valence-corrected chi connectivity index (χ3v) is 10.2. The second-order valence-corrected chi connectivity index (χ2v) is 11.4. The van der Waals surface area contributed by atoms with Gasteiger partial charge in [0.1, 0.15) is 0 Å². The Balaban J connectivity index is 1.33. The lowest BCUT2D eigenvalue weighted by Gasteiger charge is -2.64. The lowest BCUT2D eigenvalue weighted by atomic mass is 9.38. The number of benzene rings is 3. The van der Waals surface area contributed by atoms with E-state index < -0.39 is 0 Å². The minimum atomic E-state index is 0.244. The number of para-hydroxylation sites is 1. The Morgan fingerprint density at radius 2 is 1.45 bits per heavy atom. The first-order valence-electron chi connectivity index (χ1n) is 12.0. The van der Waals surface area contributed by atoms with E-state index in [1.807, 2.05) is 18.2 Å². The average Bonchev–Trinajstić information content (AvgIpc) is 3.31. The van der Waals surface area contributed by atoms with Crippen LogP contribution in [-0.2, 0) is 5.41 Å². The van der Waals surface area contributed by atoms with E-state index in [2.05, 4.69) is 53.8 Å². The Hall–Kier alpha value is -2.25. The van der Waals surface area contributed by atoms with Crippen LogP contribution in [0.5, 0.6) is 0 Å². The molecule has 3 aromatic rings. The smallest absolute Gasteiger partial charge is 0.0640 e. The molecule has 0 amide bonds. The number of rotatable bonds is 2. The third kappa shape index (κ3) is 1.89. The van der Waals surface area contributed by atoms with Gasteiger partial charge in [-0.25, -0.2) is 0 Å². The molecule has 0 heterocycles. The van der Waals surface area contributed by atoms with Gasteiger partial charge in [0.15, 0.2) is 0 Å². The van der Waals surface area contributed by atoms with Gasteiger partial charge in [0.05, 0.1) is 10.7 Å². The fourth-order valence-electron chi connectivity index (χ4n) is 9.42. The van der Waals surface area contributed by atoms with Crippen LogP contribution in [0.15, 0.2) is 66.7 Å². The van der Waals surface area contributed by atoms with Gasteiger partial charge in [-0.2, -0.15) is 0 Å². The maximum absolute atomic E-state index is 6.46. The van der Waals surface area contributed by atoms with Crippen molar-refractivity contribution >= 4 is 23.0 Å². The van der Waals surface area contributed by atoms with Crippen molar-refractivity contribution in [2.45, 2.75) is 37.5 Å². The van der Waals surface area contributed by atoms with Crippen LogP contribution < -0.4 is 5.32 Å². The molecule has 0 aromatic heterocycles. The number of anilines is 2. The van der Waals surface area contributed by atoms with E-state index in [9.17, 15) is 0 Å². The Labute approximate surface area is 188 Å². The Morgan fingerprint density at radius 3 is 2.26 bits per heavy atom. The Kier molecular flexibility index (Phi) is 3.11. The summed E-state index contributed by atoms with van der Waals surface area (Å²) in [5.74, 6) is 3.63. The molecule has 0 saturated heterocycles. The maximum Gasteiger partial charge on any atom is 0.0640 e. The SMILES string of the molecule is Clc1ccccc1Nc1ccc2c(c1)C1(c3ccccc3-2)C2CC3CC4CC1C2(C3)C4. The minimum Gasteiger partial charge on any atom is -0.354 e. The molecule has 2 spiro atoms. The van der Waals surface area contributed by atoms with E-state index in [4.69, 9.17) is 11.6 Å². The molecule has 5 aliphatic rings. The quantitative estimate of drug-likeness (QED) is 0.443. The highest BCUT2D eigenvalue weighted by Crippen LogP contribution is 2.85. The zero-order valence-corrected chi connectivity index (χ0v) is 18.3. The van der Waals surface area contributed by atoms with E-state index in [1.54, 1.807) is 11.1 Å². The highest BCUT2D eigenvalue weighted by Gasteiger charge is 2.79. The van der Waals surface area contributed by atoms with Gasteiger partial charge in [0.25, 0.3) is 0 Å². The van der Waals surface area contributed by atoms with Crippen molar-refractivity contribution in [1.29, 1.82) is 0 Å². The molecule has 31 heavy (non-hydrogen) atoms. The topological polar surface area (TPSA) is 12.0 Å². The van der Waals surface area contributed by atoms with Crippen molar-refractivity contribution in [3.63, 3.8) is 0 Å². The summed E-state index contributed by atoms with van der Waals surface area (Å²) < 4.78 is 0. The third-order valence-electron chi connectivity index (χ3n) is 9.91. The van der Waals surface area contributed by atoms with Crippen molar-refractivity contribution in [2.24, 2.45) is 29.1 Å². The molecule has 0 aliphatic heterocycles. The van der Waals surface area contributed by atoms with Gasteiger partial charge in [-0.1, -0.05) is 54.1 Å². The minimum absolute atomic E-state index is 0.244. The summed E-state index contributed by atoms with van der Waals surface area (Å²) in [6.45, 7) is 0. The molecule has 2 heteroatoms. The zero-order chi connectivity index (χ0) is 20.4. The van der Waals surface area contributed by atoms with Crippen molar-refractivity contribution < 1.29 is 0 Å². The molecular weight excluding hydrogens is 398 g/mol. The van der Waals surface area contributed by atoms with Crippen LogP contribution in [0, 0.1) is 29.1 Å². The molecule has 154 valence electrons. The summed E-state index contributed by atoms with van der Waals surface area (Å²) in [5.41, 5.74) is 9.23. The Morgan fingerprint density at radius 1 is 0.742 bits per heavy atom. The second kappa shape index (κ2) is 5.56. The molecule has 0 radical (unpaired) electrons. The van der Waals surface area contributed by atoms with Crippen LogP contribution in [-0.4, -0.2) is 0 Å². The van der Waals surface area contributed by atoms with Crippen LogP contribution in [0.25, 0.3) is 11.1 Å². The average molecular weight is 424 g/mol. The lowest BCUT2D eigenvalue weighted by molar-refractivity contribution is -0.0820. The van der Waals surface area contributed by atoms with Crippen molar-refractivity contribution in [2.75, 3.05) is 5.32 Å². The summed E-state index contributed by atoms with van der Waals surface area (Å²) >= 11 is 6.46. The van der Waals surface area contributed by atoms with Crippen LogP contribution >= 0.6 is 11.6 Å². The van der Waals surface area contributed by atoms with Gasteiger partial charge in [0.2, 0.25) is 0 Å². The summed E-state index contributed by atoms with van der Waals surface area (Å²) in [6, 6.07) is 24.5. The fraction of sp³-hybridized carbons (Fsp3) is 0.379. The maximum atomic E-state index is 6.46. The highest BCUT2D eigenvalue weighted by atomic mass is 35.5. The lowest BCUT2D eigenvalue weighted by Crippen LogP contribution is -2.62. The molecular formula is C29H26ClN. The van der Waals surface area contributed by atoms with Crippen molar-refractivity contribution in [3.05, 3.63) is 82.9 Å². The summed E-state index contributed by atoms with van der Waals surface area (Å²) in [4.78, 5) is 0. The predicted molar refractivity (Wildman–Crippen MR) is 127 cm³/mol. The molecule has 4 fully saturated rings. The van der Waals surface area contributed by atoms with Crippen LogP contribution in [0.2, 0.25) is 5.02 Å². The van der Waals surface area contributed by atoms with Gasteiger partial charge >= 0.3 is 0 Å². The van der Waals surface area contributed by atoms with Crippen LogP contribution in [0.4, 0.5) is 11.4 Å². The van der Waals surface area contributed by atoms with E-state index >= 15 is 0 Å². The molecule has 1 N–H and O–H groups in total. The van der Waals surface area contributed by atoms with E-state index in [-0.39, 0.29) is 5.41 Å². The van der Waals surface area contributed by atoms with Gasteiger partial charge in [0, 0.05) is 11.1 Å². The zero-order valence-electron chi connectivity index (χ0n) is 17.6. The van der Waals surface area contributed by atoms with Gasteiger partial charge in [-0.05, 0) is 108 Å². The number of hydrogen-bond donors (Lipinski definition) is 1. The van der Waals surface area contributed by atoms with Crippen molar-refractivity contribution in [1.82, 2.24) is 0 Å². The number of nitrogens with one attached hydrogen (secondary N) is 1. The number of halogens is 1. The summed E-state index contributed by atoms with van der Waals surface area (Å²) in [6.07, 6.45) is 7.42. The summed E-state index contributed by atoms with van der Waals surface area (Å²) in [7, 11) is 0. The number of fused-ring (bicyclic) bond motifs is 9. The first-order chi connectivity index (χ1) is 15.2. The Bertz CT molecular complexity index is 1240. The molecule has 8 rings (SSSR count).